The number of phosphoric acid groups is 1. The highest BCUT2D eigenvalue weighted by atomic mass is 31.2. The number of rotatable bonds is 24. The van der Waals surface area contributed by atoms with Crippen molar-refractivity contribution in [2.75, 3.05) is 0 Å². The van der Waals surface area contributed by atoms with E-state index in [-0.39, 0.29) is 0 Å². The van der Waals surface area contributed by atoms with Gasteiger partial charge in [0, 0.05) is 16.2 Å². The van der Waals surface area contributed by atoms with Crippen molar-refractivity contribution in [1.29, 1.82) is 0 Å². The van der Waals surface area contributed by atoms with E-state index in [1.54, 1.807) is 0 Å². The first kappa shape index (κ1) is 67.7. The Hall–Kier alpha value is -12.1. The Morgan fingerprint density at radius 3 is 0.442 bits per heavy atom. The van der Waals surface area contributed by atoms with E-state index in [2.05, 4.69) is 348 Å². The lowest BCUT2D eigenvalue weighted by Gasteiger charge is -2.36. The lowest BCUT2D eigenvalue weighted by molar-refractivity contribution is 0.298. The normalized spacial score (nSPS) is 11.8. The molecule has 0 saturated heterocycles. The summed E-state index contributed by atoms with van der Waals surface area (Å²) in [4.78, 5) is 0. The van der Waals surface area contributed by atoms with Crippen molar-refractivity contribution in [3.8, 4) is 84.0 Å². The molecule has 0 aliphatic heterocycles. The number of phosphoric ester groups is 1. The van der Waals surface area contributed by atoms with Crippen LogP contribution in [0.3, 0.4) is 0 Å². The SMILES string of the molecule is CCC(c1ccc(OP(=O)(Oc2ccc(C(CC)(c3ccc(-c4ccccc4)cc3)c3ccc(-c4ccccc4)cc3)cc2)Oc2ccc(C(CC)(c3ccc(-c4ccccc4)cc3)c3ccc(-c4ccccc4)cc3)cc2)cc1)(c1ccc(-c2ccccc2)cc1)c1ccc(-c2ccccc2)cc1. The highest BCUT2D eigenvalue weighted by Crippen LogP contribution is 2.53. The summed E-state index contributed by atoms with van der Waals surface area (Å²) in [5.41, 5.74) is 22.0. The highest BCUT2D eigenvalue weighted by Gasteiger charge is 2.40. The van der Waals surface area contributed by atoms with Crippen molar-refractivity contribution >= 4 is 7.82 Å². The van der Waals surface area contributed by atoms with Crippen LogP contribution in [-0.2, 0) is 20.8 Å². The molecule has 0 fully saturated rings. The fourth-order valence-electron chi connectivity index (χ4n) is 15.6. The summed E-state index contributed by atoms with van der Waals surface area (Å²) >= 11 is 0. The molecular weight excluding hydrogens is 1280 g/mol. The van der Waals surface area contributed by atoms with Crippen LogP contribution >= 0.6 is 7.82 Å². The molecule has 0 bridgehead atoms. The van der Waals surface area contributed by atoms with Crippen molar-refractivity contribution in [1.82, 2.24) is 0 Å². The maximum Gasteiger partial charge on any atom is 0.647 e. The van der Waals surface area contributed by atoms with Crippen LogP contribution in [0.1, 0.15) is 90.1 Å². The zero-order valence-corrected chi connectivity index (χ0v) is 59.7. The van der Waals surface area contributed by atoms with Crippen molar-refractivity contribution in [3.63, 3.8) is 0 Å². The molecule has 0 atom stereocenters. The van der Waals surface area contributed by atoms with Gasteiger partial charge < -0.3 is 13.6 Å². The molecule has 15 aromatic carbocycles. The first-order valence-corrected chi connectivity index (χ1v) is 37.6. The van der Waals surface area contributed by atoms with Crippen molar-refractivity contribution < 1.29 is 18.1 Å². The van der Waals surface area contributed by atoms with Crippen LogP contribution in [0.15, 0.2) is 400 Å². The van der Waals surface area contributed by atoms with Crippen molar-refractivity contribution in [3.05, 3.63) is 450 Å². The average molecular weight is 1370 g/mol. The van der Waals surface area contributed by atoms with Gasteiger partial charge in [0.05, 0.1) is 0 Å². The van der Waals surface area contributed by atoms with Crippen LogP contribution in [0.25, 0.3) is 66.8 Å². The molecule has 0 saturated carbocycles. The van der Waals surface area contributed by atoms with Crippen LogP contribution in [0.4, 0.5) is 0 Å². The lowest BCUT2D eigenvalue weighted by atomic mass is 9.67. The molecule has 104 heavy (non-hydrogen) atoms. The summed E-state index contributed by atoms with van der Waals surface area (Å²) in [6.07, 6.45) is 2.23. The Labute approximate surface area is 612 Å². The third-order valence-electron chi connectivity index (χ3n) is 21.2. The molecule has 0 N–H and O–H groups in total. The van der Waals surface area contributed by atoms with E-state index >= 15 is 4.57 Å². The average Bonchev–Trinajstić information content (AvgIpc) is 0.762. The quantitative estimate of drug-likeness (QED) is 0.0447. The lowest BCUT2D eigenvalue weighted by Crippen LogP contribution is -2.28. The molecule has 5 heteroatoms. The monoisotopic (exact) mass is 1360 g/mol. The number of hydrogen-bond donors (Lipinski definition) is 0. The molecule has 15 aromatic rings. The molecule has 0 aliphatic carbocycles. The van der Waals surface area contributed by atoms with E-state index in [0.29, 0.717) is 17.2 Å². The van der Waals surface area contributed by atoms with E-state index in [1.165, 1.54) is 0 Å². The predicted molar refractivity (Wildman–Crippen MR) is 431 cm³/mol. The molecule has 0 heterocycles. The molecule has 0 amide bonds. The second-order valence-electron chi connectivity index (χ2n) is 26.7. The Morgan fingerprint density at radius 1 is 0.183 bits per heavy atom. The van der Waals surface area contributed by atoms with Crippen LogP contribution in [0.5, 0.6) is 17.2 Å². The topological polar surface area (TPSA) is 44.8 Å². The van der Waals surface area contributed by atoms with Crippen LogP contribution in [0.2, 0.25) is 0 Å². The van der Waals surface area contributed by atoms with E-state index < -0.39 is 24.1 Å². The molecule has 4 nitrogen and oxygen atoms in total. The van der Waals surface area contributed by atoms with Gasteiger partial charge in [-0.15, -0.1) is 0 Å². The second-order valence-corrected chi connectivity index (χ2v) is 28.2. The Bertz CT molecular complexity index is 4520. The van der Waals surface area contributed by atoms with E-state index in [4.69, 9.17) is 13.6 Å². The number of benzene rings is 15. The minimum Gasteiger partial charge on any atom is -0.386 e. The molecule has 0 aliphatic rings. The van der Waals surface area contributed by atoms with E-state index in [9.17, 15) is 0 Å². The summed E-state index contributed by atoms with van der Waals surface area (Å²) in [6, 6.07) is 141. The Morgan fingerprint density at radius 2 is 0.308 bits per heavy atom. The molecule has 0 unspecified atom stereocenters. The third-order valence-corrected chi connectivity index (χ3v) is 22.5. The molecular formula is C99H81O4P. The molecule has 506 valence electrons. The first-order chi connectivity index (χ1) is 51.2. The Kier molecular flexibility index (Phi) is 19.7. The van der Waals surface area contributed by atoms with Gasteiger partial charge in [0.25, 0.3) is 0 Å². The van der Waals surface area contributed by atoms with Gasteiger partial charge in [0.2, 0.25) is 0 Å². The van der Waals surface area contributed by atoms with Gasteiger partial charge in [-0.2, -0.15) is 4.57 Å². The second kappa shape index (κ2) is 30.2. The summed E-state index contributed by atoms with van der Waals surface area (Å²) in [5.74, 6) is 0.958. The largest absolute Gasteiger partial charge is 0.647 e. The zero-order valence-electron chi connectivity index (χ0n) is 58.8. The fraction of sp³-hybridized carbons (Fsp3) is 0.0909. The van der Waals surface area contributed by atoms with Gasteiger partial charge in [-0.05, 0) is 172 Å². The maximum atomic E-state index is 16.3. The molecule has 0 spiro atoms. The van der Waals surface area contributed by atoms with Crippen LogP contribution < -0.4 is 13.6 Å². The molecule has 0 radical (unpaired) electrons. The van der Waals surface area contributed by atoms with E-state index in [1.807, 2.05) is 72.8 Å². The highest BCUT2D eigenvalue weighted by molar-refractivity contribution is 7.49. The summed E-state index contributed by atoms with van der Waals surface area (Å²) < 4.78 is 36.6. The van der Waals surface area contributed by atoms with Gasteiger partial charge in [-0.25, -0.2) is 0 Å². The smallest absolute Gasteiger partial charge is 0.386 e. The predicted octanol–water partition coefficient (Wildman–Crippen LogP) is 26.6. The molecule has 0 aromatic heterocycles. The zero-order chi connectivity index (χ0) is 70.8. The van der Waals surface area contributed by atoms with Gasteiger partial charge in [-0.3, -0.25) is 0 Å². The van der Waals surface area contributed by atoms with Gasteiger partial charge in [0.1, 0.15) is 17.2 Å². The standard InChI is InChI=1S/C99H81O4P/c1-4-97(85-49-37-79(38-50-85)73-25-13-7-14-26-73,86-51-39-80(40-52-86)74-27-15-8-16-28-74)91-61-67-94(68-62-91)101-104(100,102-95-69-63-92(64-70-95)98(5-2,87-53-41-81(42-54-87)75-29-17-9-18-30-75)88-55-43-82(44-56-88)76-31-19-10-20-32-76)103-96-71-65-93(66-72-96)99(6-3,89-57-45-83(46-58-89)77-33-21-11-22-34-77)90-59-47-84(48-60-90)78-35-23-12-24-36-78/h7-72H,4-6H2,1-3H3. The van der Waals surface area contributed by atoms with Crippen molar-refractivity contribution in [2.24, 2.45) is 0 Å². The van der Waals surface area contributed by atoms with Gasteiger partial charge >= 0.3 is 7.82 Å². The fourth-order valence-corrected chi connectivity index (χ4v) is 16.9. The van der Waals surface area contributed by atoms with Crippen molar-refractivity contribution in [2.45, 2.75) is 56.3 Å². The minimum atomic E-state index is -4.63. The first-order valence-electron chi connectivity index (χ1n) is 36.1. The van der Waals surface area contributed by atoms with Gasteiger partial charge in [0.15, 0.2) is 0 Å². The third kappa shape index (κ3) is 13.7. The Balaban J connectivity index is 0.809. The summed E-state index contributed by atoms with van der Waals surface area (Å²) in [7, 11) is -4.63. The summed E-state index contributed by atoms with van der Waals surface area (Å²) in [6.45, 7) is 6.73. The maximum absolute atomic E-state index is 16.3. The number of hydrogen-bond acceptors (Lipinski definition) is 4. The van der Waals surface area contributed by atoms with Crippen LogP contribution in [0, 0.1) is 0 Å². The van der Waals surface area contributed by atoms with Crippen LogP contribution in [-0.4, -0.2) is 0 Å². The van der Waals surface area contributed by atoms with Gasteiger partial charge in [-0.1, -0.05) is 385 Å². The minimum absolute atomic E-state index is 0.319. The molecule has 15 rings (SSSR count). The summed E-state index contributed by atoms with van der Waals surface area (Å²) in [5, 5.41) is 0. The van der Waals surface area contributed by atoms with E-state index in [0.717, 1.165) is 136 Å².